The normalized spacial score (nSPS) is 15.2. The minimum atomic E-state index is -0.204. The molecule has 1 aliphatic rings. The number of amides is 1. The van der Waals surface area contributed by atoms with Gasteiger partial charge in [-0.15, -0.1) is 0 Å². The highest BCUT2D eigenvalue weighted by Gasteiger charge is 2.24. The molecular weight excluding hydrogens is 490 g/mol. The van der Waals surface area contributed by atoms with Crippen LogP contribution in [0.2, 0.25) is 0 Å². The van der Waals surface area contributed by atoms with Crippen LogP contribution in [0.1, 0.15) is 65.2 Å². The van der Waals surface area contributed by atoms with Gasteiger partial charge in [0.2, 0.25) is 0 Å². The van der Waals surface area contributed by atoms with E-state index in [2.05, 4.69) is 48.1 Å². The van der Waals surface area contributed by atoms with Crippen molar-refractivity contribution in [2.75, 3.05) is 12.4 Å². The molecule has 1 amide bonds. The summed E-state index contributed by atoms with van der Waals surface area (Å²) in [6.45, 7) is 10.4. The van der Waals surface area contributed by atoms with Gasteiger partial charge in [-0.3, -0.25) is 9.48 Å². The average molecular weight is 526 g/mol. The summed E-state index contributed by atoms with van der Waals surface area (Å²) in [6, 6.07) is 15.2. The topological polar surface area (TPSA) is 98.0 Å². The van der Waals surface area contributed by atoms with Crippen molar-refractivity contribution in [2.45, 2.75) is 46.1 Å². The molecule has 0 aliphatic carbocycles. The fraction of sp³-hybridized carbons (Fsp3) is 0.300. The lowest BCUT2D eigenvalue weighted by atomic mass is 9.92. The molecule has 3 heterocycles. The number of hydrogen-bond acceptors (Lipinski definition) is 6. The van der Waals surface area contributed by atoms with Gasteiger partial charge in [0.05, 0.1) is 36.4 Å². The molecule has 3 N–H and O–H groups in total. The lowest BCUT2D eigenvalue weighted by Crippen LogP contribution is -2.27. The summed E-state index contributed by atoms with van der Waals surface area (Å²) in [7, 11) is 3.56. The van der Waals surface area contributed by atoms with Crippen LogP contribution < -0.4 is 20.9 Å². The molecule has 5 rings (SSSR count). The summed E-state index contributed by atoms with van der Waals surface area (Å²) in [5.41, 5.74) is 13.9. The van der Waals surface area contributed by atoms with E-state index in [9.17, 15) is 4.79 Å². The zero-order valence-corrected chi connectivity index (χ0v) is 23.5. The largest absolute Gasteiger partial charge is 0.497 e. The van der Waals surface area contributed by atoms with Gasteiger partial charge in [-0.25, -0.2) is 10.1 Å². The maximum atomic E-state index is 13.5. The smallest absolute Gasteiger partial charge is 0.256 e. The first kappa shape index (κ1) is 26.2. The number of aromatic nitrogens is 4. The fourth-order valence-electron chi connectivity index (χ4n) is 4.56. The third-order valence-electron chi connectivity index (χ3n) is 7.13. The minimum Gasteiger partial charge on any atom is -0.497 e. The molecule has 0 saturated carbocycles. The number of methoxy groups -OCH3 is 1. The quantitative estimate of drug-likeness (QED) is 0.329. The van der Waals surface area contributed by atoms with Crippen molar-refractivity contribution in [3.63, 3.8) is 0 Å². The first-order valence-electron chi connectivity index (χ1n) is 12.9. The van der Waals surface area contributed by atoms with Crippen molar-refractivity contribution in [2.24, 2.45) is 7.05 Å². The molecule has 1 unspecified atom stereocenters. The molecule has 202 valence electrons. The van der Waals surface area contributed by atoms with Crippen LogP contribution in [0.15, 0.2) is 60.8 Å². The molecule has 0 fully saturated rings. The molecule has 9 nitrogen and oxygen atoms in total. The predicted octanol–water partition coefficient (Wildman–Crippen LogP) is 4.97. The maximum Gasteiger partial charge on any atom is 0.256 e. The summed E-state index contributed by atoms with van der Waals surface area (Å²) in [6.07, 6.45) is 3.98. The van der Waals surface area contributed by atoms with Crippen LogP contribution in [0, 0.1) is 13.8 Å². The van der Waals surface area contributed by atoms with Crippen LogP contribution in [-0.2, 0) is 12.5 Å². The molecule has 1 atom stereocenters. The third-order valence-corrected chi connectivity index (χ3v) is 7.13. The van der Waals surface area contributed by atoms with Gasteiger partial charge in [0.15, 0.2) is 0 Å². The highest BCUT2D eigenvalue weighted by Crippen LogP contribution is 2.30. The van der Waals surface area contributed by atoms with Crippen molar-refractivity contribution in [3.05, 3.63) is 94.4 Å². The van der Waals surface area contributed by atoms with Crippen LogP contribution in [0.5, 0.6) is 5.75 Å². The van der Waals surface area contributed by atoms with Gasteiger partial charge in [0, 0.05) is 35.3 Å². The van der Waals surface area contributed by atoms with E-state index < -0.39 is 0 Å². The van der Waals surface area contributed by atoms with Crippen LogP contribution in [0.4, 0.5) is 5.82 Å². The van der Waals surface area contributed by atoms with E-state index in [0.717, 1.165) is 45.2 Å². The van der Waals surface area contributed by atoms with Gasteiger partial charge < -0.3 is 15.5 Å². The Morgan fingerprint density at radius 2 is 1.82 bits per heavy atom. The Morgan fingerprint density at radius 1 is 1.08 bits per heavy atom. The molecule has 2 aromatic heterocycles. The Kier molecular flexibility index (Phi) is 6.78. The number of hydrogen-bond donors (Lipinski definition) is 3. The predicted molar refractivity (Wildman–Crippen MR) is 153 cm³/mol. The van der Waals surface area contributed by atoms with E-state index in [1.54, 1.807) is 11.8 Å². The Hall–Kier alpha value is -4.37. The lowest BCUT2D eigenvalue weighted by Gasteiger charge is -2.15. The molecule has 4 aromatic rings. The zero-order valence-electron chi connectivity index (χ0n) is 23.5. The molecule has 0 radical (unpaired) electrons. The monoisotopic (exact) mass is 525 g/mol. The Labute approximate surface area is 228 Å². The molecule has 39 heavy (non-hydrogen) atoms. The highest BCUT2D eigenvalue weighted by atomic mass is 16.5. The summed E-state index contributed by atoms with van der Waals surface area (Å²) in [4.78, 5) is 13.5. The number of ether oxygens (including phenoxy) is 1. The van der Waals surface area contributed by atoms with Gasteiger partial charge in [-0.2, -0.15) is 10.2 Å². The first-order chi connectivity index (χ1) is 18.5. The summed E-state index contributed by atoms with van der Waals surface area (Å²) in [5.74, 6) is 1.15. The van der Waals surface area contributed by atoms with E-state index in [1.807, 2.05) is 80.3 Å². The van der Waals surface area contributed by atoms with Crippen molar-refractivity contribution in [1.29, 1.82) is 0 Å². The van der Waals surface area contributed by atoms with Crippen LogP contribution in [0.25, 0.3) is 11.4 Å². The summed E-state index contributed by atoms with van der Waals surface area (Å²) < 4.78 is 8.92. The average Bonchev–Trinajstić information content (AvgIpc) is 3.64. The summed E-state index contributed by atoms with van der Waals surface area (Å²) in [5, 5.41) is 12.3. The molecule has 0 bridgehead atoms. The van der Waals surface area contributed by atoms with Gasteiger partial charge in [-0.1, -0.05) is 26.8 Å². The lowest BCUT2D eigenvalue weighted by molar-refractivity contribution is 0.102. The van der Waals surface area contributed by atoms with Crippen molar-refractivity contribution in [1.82, 2.24) is 30.4 Å². The minimum absolute atomic E-state index is 0.0929. The van der Waals surface area contributed by atoms with Crippen molar-refractivity contribution >= 4 is 17.4 Å². The number of benzene rings is 2. The molecule has 0 saturated heterocycles. The van der Waals surface area contributed by atoms with Crippen LogP contribution in [-0.4, -0.2) is 32.6 Å². The van der Waals surface area contributed by atoms with Gasteiger partial charge in [-0.05, 0) is 67.4 Å². The number of rotatable bonds is 6. The Morgan fingerprint density at radius 3 is 2.46 bits per heavy atom. The number of nitrogens with zero attached hydrogens (tertiary/aromatic N) is 4. The number of anilines is 1. The van der Waals surface area contributed by atoms with E-state index in [4.69, 9.17) is 9.84 Å². The standard InChI is InChI=1S/C30H35N7O2/c1-18-8-9-20(14-23(18)25-15-26(34-33-25)24-17-31-36(6)19(24)2)29(38)32-28-16-27(30(3,4)5)35-37(28)21-10-12-22(39-7)13-11-21/h8-17,25,33-34H,1-7H3,(H,32,38). The Balaban J connectivity index is 1.44. The molecule has 9 heteroatoms. The van der Waals surface area contributed by atoms with Gasteiger partial charge in [0.25, 0.3) is 5.91 Å². The number of carbonyl (C=O) groups excluding carboxylic acids is 1. The van der Waals surface area contributed by atoms with Gasteiger partial charge in [0.1, 0.15) is 11.6 Å². The first-order valence-corrected chi connectivity index (χ1v) is 12.9. The number of aryl methyl sites for hydroxylation is 2. The van der Waals surface area contributed by atoms with E-state index in [1.165, 1.54) is 0 Å². The molecule has 2 aromatic carbocycles. The second-order valence-corrected chi connectivity index (χ2v) is 10.9. The number of carbonyl (C=O) groups is 1. The Bertz CT molecular complexity index is 1560. The van der Waals surface area contributed by atoms with E-state index in [0.29, 0.717) is 11.4 Å². The number of hydrazine groups is 1. The second kappa shape index (κ2) is 10.1. The third kappa shape index (κ3) is 5.18. The van der Waals surface area contributed by atoms with E-state index >= 15 is 0 Å². The fourth-order valence-corrected chi connectivity index (χ4v) is 4.56. The second-order valence-electron chi connectivity index (χ2n) is 10.9. The van der Waals surface area contributed by atoms with Crippen molar-refractivity contribution in [3.8, 4) is 11.4 Å². The van der Waals surface area contributed by atoms with E-state index in [-0.39, 0.29) is 17.4 Å². The number of nitrogens with one attached hydrogen (secondary N) is 3. The van der Waals surface area contributed by atoms with Crippen LogP contribution in [0.3, 0.4) is 0 Å². The van der Waals surface area contributed by atoms with Crippen LogP contribution >= 0.6 is 0 Å². The maximum absolute atomic E-state index is 13.5. The molecule has 0 spiro atoms. The molecule has 1 aliphatic heterocycles. The SMILES string of the molecule is COc1ccc(-n2nc(C(C)(C)C)cc2NC(=O)c2ccc(C)c(C3C=C(c4cnn(C)c4C)NN3)c2)cc1. The highest BCUT2D eigenvalue weighted by molar-refractivity contribution is 6.04. The zero-order chi connectivity index (χ0) is 27.9. The van der Waals surface area contributed by atoms with Crippen molar-refractivity contribution < 1.29 is 9.53 Å². The molecular formula is C30H35N7O2. The van der Waals surface area contributed by atoms with Gasteiger partial charge >= 0.3 is 0 Å². The summed E-state index contributed by atoms with van der Waals surface area (Å²) >= 11 is 0.